The zero-order valence-corrected chi connectivity index (χ0v) is 15.6. The summed E-state index contributed by atoms with van der Waals surface area (Å²) < 4.78 is 0. The maximum absolute atomic E-state index is 13.2. The van der Waals surface area contributed by atoms with E-state index in [1.807, 2.05) is 0 Å². The van der Waals surface area contributed by atoms with Gasteiger partial charge in [-0.2, -0.15) is 0 Å². The first kappa shape index (κ1) is 18.3. The first-order valence-electron chi connectivity index (χ1n) is 8.88. The molecule has 0 saturated heterocycles. The van der Waals surface area contributed by atoms with E-state index in [1.165, 1.54) is 18.2 Å². The van der Waals surface area contributed by atoms with Gasteiger partial charge in [0.25, 0.3) is 5.91 Å². The second kappa shape index (κ2) is 7.13. The van der Waals surface area contributed by atoms with E-state index >= 15 is 0 Å². The molecule has 0 atom stereocenters. The number of benzene rings is 2. The molecular formula is C21H17ClN2O4. The maximum Gasteiger partial charge on any atom is 0.307 e. The number of carboxylic acid groups (broad SMARTS) is 1. The fourth-order valence-corrected chi connectivity index (χ4v) is 3.82. The quantitative estimate of drug-likeness (QED) is 0.579. The van der Waals surface area contributed by atoms with Crippen molar-refractivity contribution < 1.29 is 19.8 Å². The number of nitrogens with zero attached hydrogens (tertiary/aromatic N) is 1. The molecule has 6 nitrogen and oxygen atoms in total. The molecule has 2 aromatic carbocycles. The van der Waals surface area contributed by atoms with Crippen molar-refractivity contribution >= 4 is 40.1 Å². The van der Waals surface area contributed by atoms with E-state index in [4.69, 9.17) is 16.7 Å². The van der Waals surface area contributed by atoms with Crippen LogP contribution < -0.4 is 5.32 Å². The van der Waals surface area contributed by atoms with Gasteiger partial charge in [-0.25, -0.2) is 0 Å². The lowest BCUT2D eigenvalue weighted by Crippen LogP contribution is -2.16. The number of aromatic hydroxyl groups is 1. The largest absolute Gasteiger partial charge is 0.506 e. The fraction of sp³-hybridized carbons (Fsp3) is 0.190. The van der Waals surface area contributed by atoms with Crippen LogP contribution >= 0.6 is 11.6 Å². The minimum absolute atomic E-state index is 0.129. The van der Waals surface area contributed by atoms with Crippen molar-refractivity contribution in [1.82, 2.24) is 4.98 Å². The highest BCUT2D eigenvalue weighted by atomic mass is 35.5. The summed E-state index contributed by atoms with van der Waals surface area (Å²) in [5.74, 6) is -1.50. The standard InChI is InChI=1S/C21H17ClN2O4/c22-12-5-6-16-14(10-12)20(13-2-1-3-15(13)23-16)21(28)24-17-8-11(9-19(26)27)4-7-18(17)25/h4-8,10,25H,1-3,9H2,(H,24,28)(H,26,27). The van der Waals surface area contributed by atoms with Gasteiger partial charge in [0, 0.05) is 16.1 Å². The zero-order chi connectivity index (χ0) is 19.8. The number of phenols is 1. The number of hydrogen-bond acceptors (Lipinski definition) is 4. The summed E-state index contributed by atoms with van der Waals surface area (Å²) in [5.41, 5.74) is 3.65. The number of carboxylic acids is 1. The molecule has 0 radical (unpaired) electrons. The summed E-state index contributed by atoms with van der Waals surface area (Å²) >= 11 is 6.15. The molecule has 142 valence electrons. The number of halogens is 1. The molecule has 0 unspecified atom stereocenters. The van der Waals surface area contributed by atoms with Gasteiger partial charge in [-0.15, -0.1) is 0 Å². The normalized spacial score (nSPS) is 12.8. The number of anilines is 1. The molecule has 3 aromatic rings. The number of rotatable bonds is 4. The first-order valence-corrected chi connectivity index (χ1v) is 9.26. The SMILES string of the molecule is O=C(O)Cc1ccc(O)c(NC(=O)c2c3c(nc4ccc(Cl)cc24)CCC3)c1. The Morgan fingerprint density at radius 1 is 1.14 bits per heavy atom. The van der Waals surface area contributed by atoms with Crippen LogP contribution in [0.2, 0.25) is 5.02 Å². The average Bonchev–Trinajstić information content (AvgIpc) is 3.10. The Morgan fingerprint density at radius 3 is 2.75 bits per heavy atom. The Morgan fingerprint density at radius 2 is 1.96 bits per heavy atom. The maximum atomic E-state index is 13.2. The summed E-state index contributed by atoms with van der Waals surface area (Å²) in [4.78, 5) is 28.8. The third-order valence-electron chi connectivity index (χ3n) is 4.87. The van der Waals surface area contributed by atoms with Crippen molar-refractivity contribution in [3.8, 4) is 5.75 Å². The fourth-order valence-electron chi connectivity index (χ4n) is 3.65. The lowest BCUT2D eigenvalue weighted by atomic mass is 10.00. The number of hydrogen-bond donors (Lipinski definition) is 3. The van der Waals surface area contributed by atoms with Gasteiger partial charge in [-0.05, 0) is 60.7 Å². The van der Waals surface area contributed by atoms with Crippen LogP contribution in [0.1, 0.15) is 33.6 Å². The molecule has 0 bridgehead atoms. The summed E-state index contributed by atoms with van der Waals surface area (Å²) in [5, 5.41) is 23.0. The smallest absolute Gasteiger partial charge is 0.307 e. The molecule has 1 amide bonds. The van der Waals surface area contributed by atoms with Crippen LogP contribution in [0.3, 0.4) is 0 Å². The third kappa shape index (κ3) is 3.39. The van der Waals surface area contributed by atoms with Gasteiger partial charge in [0.15, 0.2) is 0 Å². The Hall–Kier alpha value is -3.12. The average molecular weight is 397 g/mol. The number of aliphatic carboxylic acids is 1. The number of amides is 1. The van der Waals surface area contributed by atoms with Crippen molar-refractivity contribution in [3.63, 3.8) is 0 Å². The van der Waals surface area contributed by atoms with E-state index in [1.54, 1.807) is 18.2 Å². The van der Waals surface area contributed by atoms with Crippen molar-refractivity contribution in [1.29, 1.82) is 0 Å². The minimum Gasteiger partial charge on any atom is -0.506 e. The molecule has 28 heavy (non-hydrogen) atoms. The van der Waals surface area contributed by atoms with Crippen molar-refractivity contribution in [2.45, 2.75) is 25.7 Å². The molecule has 4 rings (SSSR count). The monoisotopic (exact) mass is 396 g/mol. The number of aryl methyl sites for hydroxylation is 1. The van der Waals surface area contributed by atoms with Crippen LogP contribution in [-0.4, -0.2) is 27.1 Å². The summed E-state index contributed by atoms with van der Waals surface area (Å²) in [7, 11) is 0. The van der Waals surface area contributed by atoms with E-state index in [0.717, 1.165) is 30.5 Å². The van der Waals surface area contributed by atoms with Crippen LogP contribution in [0.15, 0.2) is 36.4 Å². The van der Waals surface area contributed by atoms with Gasteiger partial charge in [0.05, 0.1) is 23.2 Å². The highest BCUT2D eigenvalue weighted by molar-refractivity contribution is 6.31. The zero-order valence-electron chi connectivity index (χ0n) is 14.8. The number of carbonyl (C=O) groups excluding carboxylic acids is 1. The Kier molecular flexibility index (Phi) is 4.65. The number of fused-ring (bicyclic) bond motifs is 2. The highest BCUT2D eigenvalue weighted by Gasteiger charge is 2.24. The molecule has 0 spiro atoms. The molecule has 3 N–H and O–H groups in total. The molecule has 0 fully saturated rings. The van der Waals surface area contributed by atoms with Gasteiger partial charge in [-0.1, -0.05) is 17.7 Å². The van der Waals surface area contributed by atoms with Gasteiger partial charge in [0.2, 0.25) is 0 Å². The van der Waals surface area contributed by atoms with E-state index in [0.29, 0.717) is 27.1 Å². The van der Waals surface area contributed by atoms with Crippen LogP contribution in [0.5, 0.6) is 5.75 Å². The molecule has 1 aromatic heterocycles. The van der Waals surface area contributed by atoms with Gasteiger partial charge >= 0.3 is 5.97 Å². The van der Waals surface area contributed by atoms with Crippen LogP contribution in [0.25, 0.3) is 10.9 Å². The van der Waals surface area contributed by atoms with E-state index < -0.39 is 5.97 Å². The van der Waals surface area contributed by atoms with Crippen molar-refractivity contribution in [3.05, 3.63) is 63.8 Å². The molecular weight excluding hydrogens is 380 g/mol. The predicted molar refractivity (Wildman–Crippen MR) is 106 cm³/mol. The number of aromatic nitrogens is 1. The predicted octanol–water partition coefficient (Wildman–Crippen LogP) is 3.96. The number of pyridine rings is 1. The lowest BCUT2D eigenvalue weighted by molar-refractivity contribution is -0.136. The van der Waals surface area contributed by atoms with Gasteiger partial charge < -0.3 is 15.5 Å². The van der Waals surface area contributed by atoms with Crippen LogP contribution in [0.4, 0.5) is 5.69 Å². The summed E-state index contributed by atoms with van der Waals surface area (Å²) in [6.07, 6.45) is 2.28. The number of carbonyl (C=O) groups is 2. The summed E-state index contributed by atoms with van der Waals surface area (Å²) in [6.45, 7) is 0. The molecule has 1 heterocycles. The number of nitrogens with one attached hydrogen (secondary N) is 1. The highest BCUT2D eigenvalue weighted by Crippen LogP contribution is 2.33. The van der Waals surface area contributed by atoms with Gasteiger partial charge in [-0.3, -0.25) is 14.6 Å². The van der Waals surface area contributed by atoms with Crippen LogP contribution in [0, 0.1) is 0 Å². The Bertz CT molecular complexity index is 1130. The molecule has 0 aliphatic heterocycles. The Balaban J connectivity index is 1.78. The van der Waals surface area contributed by atoms with E-state index in [2.05, 4.69) is 10.3 Å². The van der Waals surface area contributed by atoms with Crippen LogP contribution in [-0.2, 0) is 24.1 Å². The number of phenolic OH excluding ortho intramolecular Hbond substituents is 1. The summed E-state index contributed by atoms with van der Waals surface area (Å²) in [6, 6.07) is 9.60. The van der Waals surface area contributed by atoms with Gasteiger partial charge in [0.1, 0.15) is 5.75 Å². The topological polar surface area (TPSA) is 99.5 Å². The second-order valence-corrected chi connectivity index (χ2v) is 7.24. The Labute approximate surface area is 165 Å². The third-order valence-corrected chi connectivity index (χ3v) is 5.10. The van der Waals surface area contributed by atoms with Crippen molar-refractivity contribution in [2.24, 2.45) is 0 Å². The van der Waals surface area contributed by atoms with E-state index in [9.17, 15) is 14.7 Å². The van der Waals surface area contributed by atoms with Crippen molar-refractivity contribution in [2.75, 3.05) is 5.32 Å². The minimum atomic E-state index is -0.990. The molecule has 0 saturated carbocycles. The molecule has 1 aliphatic carbocycles. The molecule has 7 heteroatoms. The van der Waals surface area contributed by atoms with E-state index in [-0.39, 0.29) is 23.8 Å². The lowest BCUT2D eigenvalue weighted by Gasteiger charge is -2.14. The first-order chi connectivity index (χ1) is 13.4. The second-order valence-electron chi connectivity index (χ2n) is 6.80. The molecule has 1 aliphatic rings.